The highest BCUT2D eigenvalue weighted by Gasteiger charge is 2.39. The first-order valence-electron chi connectivity index (χ1n) is 8.41. The van der Waals surface area contributed by atoms with Crippen molar-refractivity contribution in [1.82, 2.24) is 10.2 Å². The van der Waals surface area contributed by atoms with Gasteiger partial charge in [0.05, 0.1) is 6.61 Å². The molecule has 0 spiro atoms. The topological polar surface area (TPSA) is 24.5 Å². The van der Waals surface area contributed by atoms with Gasteiger partial charge in [-0.3, -0.25) is 4.90 Å². The van der Waals surface area contributed by atoms with Gasteiger partial charge < -0.3 is 10.1 Å². The molecule has 2 aliphatic rings. The monoisotopic (exact) mass is 288 g/mol. The Bertz CT molecular complexity index is 484. The van der Waals surface area contributed by atoms with Crippen LogP contribution >= 0.6 is 0 Å². The van der Waals surface area contributed by atoms with Crippen LogP contribution in [-0.2, 0) is 0 Å². The van der Waals surface area contributed by atoms with Crippen LogP contribution in [0.4, 0.5) is 0 Å². The zero-order valence-electron chi connectivity index (χ0n) is 13.6. The normalized spacial score (nSPS) is 28.7. The predicted molar refractivity (Wildman–Crippen MR) is 86.8 cm³/mol. The first-order valence-corrected chi connectivity index (χ1v) is 8.41. The molecule has 116 valence electrons. The van der Waals surface area contributed by atoms with Crippen molar-refractivity contribution in [2.75, 3.05) is 19.7 Å². The Morgan fingerprint density at radius 2 is 2.05 bits per heavy atom. The maximum Gasteiger partial charge on any atom is 0.124 e. The highest BCUT2D eigenvalue weighted by atomic mass is 16.5. The molecule has 1 aromatic carbocycles. The Kier molecular flexibility index (Phi) is 4.23. The van der Waals surface area contributed by atoms with E-state index >= 15 is 0 Å². The third-order valence-electron chi connectivity index (χ3n) is 5.50. The maximum absolute atomic E-state index is 5.84. The number of nitrogens with zero attached hydrogens (tertiary/aromatic N) is 1. The minimum absolute atomic E-state index is 0.278. The van der Waals surface area contributed by atoms with Gasteiger partial charge in [-0.1, -0.05) is 32.0 Å². The molecule has 0 aromatic heterocycles. The molecule has 0 amide bonds. The summed E-state index contributed by atoms with van der Waals surface area (Å²) in [7, 11) is 0. The summed E-state index contributed by atoms with van der Waals surface area (Å²) in [5.74, 6) is 1.08. The zero-order valence-corrected chi connectivity index (χ0v) is 13.6. The van der Waals surface area contributed by atoms with Gasteiger partial charge in [0.15, 0.2) is 0 Å². The van der Waals surface area contributed by atoms with Crippen molar-refractivity contribution < 1.29 is 4.74 Å². The average Bonchev–Trinajstić information content (AvgIpc) is 2.55. The molecular formula is C18H28N2O. The number of hydrogen-bond donors (Lipinski definition) is 1. The molecule has 1 saturated heterocycles. The molecule has 3 rings (SSSR count). The first kappa shape index (κ1) is 14.9. The number of hydrogen-bond acceptors (Lipinski definition) is 3. The maximum atomic E-state index is 5.84. The van der Waals surface area contributed by atoms with Crippen molar-refractivity contribution >= 4 is 0 Å². The second-order valence-electron chi connectivity index (χ2n) is 6.58. The van der Waals surface area contributed by atoms with Crippen LogP contribution in [0, 0.1) is 0 Å². The number of piperazine rings is 1. The van der Waals surface area contributed by atoms with E-state index < -0.39 is 0 Å². The zero-order chi connectivity index (χ0) is 14.9. The van der Waals surface area contributed by atoms with E-state index in [0.29, 0.717) is 12.1 Å². The molecule has 3 nitrogen and oxygen atoms in total. The van der Waals surface area contributed by atoms with Crippen LogP contribution in [-0.4, -0.2) is 36.2 Å². The Morgan fingerprint density at radius 1 is 1.29 bits per heavy atom. The summed E-state index contributed by atoms with van der Waals surface area (Å²) >= 11 is 0. The predicted octanol–water partition coefficient (Wildman–Crippen LogP) is 3.36. The van der Waals surface area contributed by atoms with Crippen LogP contribution < -0.4 is 10.1 Å². The van der Waals surface area contributed by atoms with E-state index in [1.807, 2.05) is 0 Å². The summed E-state index contributed by atoms with van der Waals surface area (Å²) < 4.78 is 5.84. The molecule has 2 heterocycles. The average molecular weight is 288 g/mol. The molecule has 1 aromatic rings. The molecule has 0 radical (unpaired) electrons. The van der Waals surface area contributed by atoms with E-state index in [-0.39, 0.29) is 5.54 Å². The Labute approximate surface area is 128 Å². The lowest BCUT2D eigenvalue weighted by atomic mass is 9.86. The molecule has 0 aliphatic carbocycles. The van der Waals surface area contributed by atoms with Gasteiger partial charge in [0.25, 0.3) is 0 Å². The Morgan fingerprint density at radius 3 is 2.81 bits per heavy atom. The summed E-state index contributed by atoms with van der Waals surface area (Å²) in [5, 5.41) is 3.80. The fourth-order valence-corrected chi connectivity index (χ4v) is 3.85. The van der Waals surface area contributed by atoms with Crippen LogP contribution in [0.25, 0.3) is 0 Å². The fourth-order valence-electron chi connectivity index (χ4n) is 3.85. The molecule has 2 atom stereocenters. The second kappa shape index (κ2) is 5.98. The number of para-hydroxylation sites is 1. The number of nitrogens with one attached hydrogen (secondary N) is 1. The quantitative estimate of drug-likeness (QED) is 0.923. The van der Waals surface area contributed by atoms with Gasteiger partial charge in [0.2, 0.25) is 0 Å². The van der Waals surface area contributed by atoms with Crippen molar-refractivity contribution in [2.45, 2.75) is 57.7 Å². The molecule has 0 bridgehead atoms. The minimum Gasteiger partial charge on any atom is -0.493 e. The highest BCUT2D eigenvalue weighted by Crippen LogP contribution is 2.39. The van der Waals surface area contributed by atoms with E-state index in [1.54, 1.807) is 0 Å². The molecule has 1 fully saturated rings. The number of fused-ring (bicyclic) bond motifs is 1. The Balaban J connectivity index is 1.89. The van der Waals surface area contributed by atoms with Crippen molar-refractivity contribution in [1.29, 1.82) is 0 Å². The van der Waals surface area contributed by atoms with Gasteiger partial charge in [-0.2, -0.15) is 0 Å². The van der Waals surface area contributed by atoms with Gasteiger partial charge in [-0.05, 0) is 25.8 Å². The van der Waals surface area contributed by atoms with Crippen LogP contribution in [0.5, 0.6) is 5.75 Å². The van der Waals surface area contributed by atoms with Crippen LogP contribution in [0.3, 0.4) is 0 Å². The SMILES string of the molecule is CCC1(CC)CN(C2CCOc3ccccc32)C(C)CN1. The van der Waals surface area contributed by atoms with Crippen molar-refractivity contribution in [2.24, 2.45) is 0 Å². The summed E-state index contributed by atoms with van der Waals surface area (Å²) in [6.07, 6.45) is 3.49. The molecule has 1 N–H and O–H groups in total. The number of ether oxygens (including phenoxy) is 1. The lowest BCUT2D eigenvalue weighted by Gasteiger charge is -2.50. The van der Waals surface area contributed by atoms with Gasteiger partial charge in [0, 0.05) is 42.7 Å². The standard InChI is InChI=1S/C18H28N2O/c1-4-18(5-2)13-20(14(3)12-19-18)16-10-11-21-17-9-7-6-8-15(16)17/h6-9,14,16,19H,4-5,10-13H2,1-3H3. The molecule has 2 unspecified atom stereocenters. The molecule has 3 heteroatoms. The summed E-state index contributed by atoms with van der Waals surface area (Å²) in [4.78, 5) is 2.71. The second-order valence-corrected chi connectivity index (χ2v) is 6.58. The van der Waals surface area contributed by atoms with Gasteiger partial charge in [0.1, 0.15) is 5.75 Å². The number of rotatable bonds is 3. The summed E-state index contributed by atoms with van der Waals surface area (Å²) in [6, 6.07) is 9.65. The first-order chi connectivity index (χ1) is 10.2. The van der Waals surface area contributed by atoms with Crippen molar-refractivity contribution in [3.63, 3.8) is 0 Å². The third kappa shape index (κ3) is 2.69. The van der Waals surface area contributed by atoms with Crippen molar-refractivity contribution in [3.8, 4) is 5.75 Å². The number of benzene rings is 1. The molecule has 0 saturated carbocycles. The van der Waals surface area contributed by atoms with Crippen LogP contribution in [0.1, 0.15) is 51.6 Å². The third-order valence-corrected chi connectivity index (χ3v) is 5.50. The van der Waals surface area contributed by atoms with E-state index in [1.165, 1.54) is 18.4 Å². The lowest BCUT2D eigenvalue weighted by molar-refractivity contribution is 0.0275. The smallest absolute Gasteiger partial charge is 0.124 e. The minimum atomic E-state index is 0.278. The molecule has 21 heavy (non-hydrogen) atoms. The fraction of sp³-hybridized carbons (Fsp3) is 0.667. The van der Waals surface area contributed by atoms with E-state index in [0.717, 1.165) is 31.9 Å². The molecular weight excluding hydrogens is 260 g/mol. The van der Waals surface area contributed by atoms with Gasteiger partial charge in [-0.25, -0.2) is 0 Å². The van der Waals surface area contributed by atoms with E-state index in [2.05, 4.69) is 55.3 Å². The van der Waals surface area contributed by atoms with E-state index in [4.69, 9.17) is 4.74 Å². The molecule has 2 aliphatic heterocycles. The van der Waals surface area contributed by atoms with Crippen molar-refractivity contribution in [3.05, 3.63) is 29.8 Å². The highest BCUT2D eigenvalue weighted by molar-refractivity contribution is 5.37. The summed E-state index contributed by atoms with van der Waals surface area (Å²) in [5.41, 5.74) is 1.65. The van der Waals surface area contributed by atoms with Crippen LogP contribution in [0.15, 0.2) is 24.3 Å². The van der Waals surface area contributed by atoms with E-state index in [9.17, 15) is 0 Å². The summed E-state index contributed by atoms with van der Waals surface area (Å²) in [6.45, 7) is 10.0. The van der Waals surface area contributed by atoms with Gasteiger partial charge >= 0.3 is 0 Å². The lowest BCUT2D eigenvalue weighted by Crippen LogP contribution is -2.63. The van der Waals surface area contributed by atoms with Gasteiger partial charge in [-0.15, -0.1) is 0 Å². The Hall–Kier alpha value is -1.06. The largest absolute Gasteiger partial charge is 0.493 e. The van der Waals surface area contributed by atoms with Crippen LogP contribution in [0.2, 0.25) is 0 Å².